The van der Waals surface area contributed by atoms with Crippen molar-refractivity contribution in [2.45, 2.75) is 39.3 Å². The van der Waals surface area contributed by atoms with E-state index >= 15 is 0 Å². The second-order valence-corrected chi connectivity index (χ2v) is 6.10. The molecule has 6 heteroatoms. The highest BCUT2D eigenvalue weighted by Gasteiger charge is 2.30. The van der Waals surface area contributed by atoms with Gasteiger partial charge in [-0.2, -0.15) is 13.2 Å². The van der Waals surface area contributed by atoms with E-state index in [1.807, 2.05) is 13.8 Å². The standard InChI is InChI=1S/C15H17F3N2S/c1-3-4-12-13(21-14(19)20-12)8-10-7-11(15(16,17)18)6-5-9(10)2/h5-7H,3-4,8H2,1-2H3,(H2,19,20). The van der Waals surface area contributed by atoms with Crippen LogP contribution in [-0.4, -0.2) is 4.98 Å². The molecule has 0 saturated carbocycles. The van der Waals surface area contributed by atoms with Crippen molar-refractivity contribution in [2.75, 3.05) is 5.73 Å². The van der Waals surface area contributed by atoms with E-state index in [0.29, 0.717) is 17.1 Å². The van der Waals surface area contributed by atoms with Crippen LogP contribution in [-0.2, 0) is 19.0 Å². The maximum Gasteiger partial charge on any atom is 0.416 e. The molecule has 0 amide bonds. The highest BCUT2D eigenvalue weighted by atomic mass is 32.1. The Morgan fingerprint density at radius 2 is 2.00 bits per heavy atom. The zero-order valence-electron chi connectivity index (χ0n) is 11.9. The van der Waals surface area contributed by atoms with Gasteiger partial charge in [0.2, 0.25) is 0 Å². The Bertz CT molecular complexity index is 632. The van der Waals surface area contributed by atoms with Crippen LogP contribution in [0.3, 0.4) is 0 Å². The summed E-state index contributed by atoms with van der Waals surface area (Å²) in [7, 11) is 0. The number of benzene rings is 1. The van der Waals surface area contributed by atoms with E-state index in [-0.39, 0.29) is 0 Å². The predicted octanol–water partition coefficient (Wildman–Crippen LogP) is 4.60. The molecule has 1 aromatic carbocycles. The van der Waals surface area contributed by atoms with Crippen LogP contribution >= 0.6 is 11.3 Å². The van der Waals surface area contributed by atoms with Gasteiger partial charge in [0.25, 0.3) is 0 Å². The fourth-order valence-electron chi connectivity index (χ4n) is 2.18. The summed E-state index contributed by atoms with van der Waals surface area (Å²) >= 11 is 1.36. The number of nitrogens with two attached hydrogens (primary N) is 1. The molecule has 1 aromatic heterocycles. The van der Waals surface area contributed by atoms with Crippen LogP contribution in [0.25, 0.3) is 0 Å². The molecule has 0 unspecified atom stereocenters. The lowest BCUT2D eigenvalue weighted by molar-refractivity contribution is -0.137. The zero-order valence-corrected chi connectivity index (χ0v) is 12.7. The first-order valence-corrected chi connectivity index (χ1v) is 7.53. The van der Waals surface area contributed by atoms with Gasteiger partial charge in [-0.3, -0.25) is 0 Å². The molecule has 0 aliphatic rings. The molecule has 0 aliphatic carbocycles. The minimum Gasteiger partial charge on any atom is -0.375 e. The fourth-order valence-corrected chi connectivity index (χ4v) is 3.09. The average molecular weight is 314 g/mol. The second kappa shape index (κ2) is 6.05. The van der Waals surface area contributed by atoms with Gasteiger partial charge in [0, 0.05) is 11.3 Å². The maximum absolute atomic E-state index is 12.8. The summed E-state index contributed by atoms with van der Waals surface area (Å²) in [6, 6.07) is 3.86. The van der Waals surface area contributed by atoms with Crippen LogP contribution in [0.1, 0.15) is 40.6 Å². The van der Waals surface area contributed by atoms with Gasteiger partial charge in [-0.05, 0) is 36.6 Å². The smallest absolute Gasteiger partial charge is 0.375 e. The van der Waals surface area contributed by atoms with E-state index in [4.69, 9.17) is 5.73 Å². The SMILES string of the molecule is CCCc1nc(N)sc1Cc1cc(C(F)(F)F)ccc1C. The summed E-state index contributed by atoms with van der Waals surface area (Å²) in [5.74, 6) is 0. The lowest BCUT2D eigenvalue weighted by Crippen LogP contribution is -2.06. The van der Waals surface area contributed by atoms with Crippen molar-refractivity contribution in [3.8, 4) is 0 Å². The van der Waals surface area contributed by atoms with Gasteiger partial charge < -0.3 is 5.73 Å². The number of thiazole rings is 1. The molecule has 0 fully saturated rings. The molecule has 21 heavy (non-hydrogen) atoms. The Morgan fingerprint density at radius 1 is 1.29 bits per heavy atom. The lowest BCUT2D eigenvalue weighted by Gasteiger charge is -2.11. The van der Waals surface area contributed by atoms with Gasteiger partial charge in [-0.25, -0.2) is 4.98 Å². The highest BCUT2D eigenvalue weighted by Crippen LogP contribution is 2.32. The Labute approximate surface area is 125 Å². The Morgan fingerprint density at radius 3 is 2.62 bits per heavy atom. The van der Waals surface area contributed by atoms with E-state index in [0.717, 1.165) is 35.0 Å². The van der Waals surface area contributed by atoms with Crippen molar-refractivity contribution in [1.82, 2.24) is 4.98 Å². The summed E-state index contributed by atoms with van der Waals surface area (Å²) in [4.78, 5) is 5.23. The van der Waals surface area contributed by atoms with Crippen molar-refractivity contribution in [1.29, 1.82) is 0 Å². The number of hydrogen-bond donors (Lipinski definition) is 1. The fraction of sp³-hybridized carbons (Fsp3) is 0.400. The van der Waals surface area contributed by atoms with Gasteiger partial charge in [-0.15, -0.1) is 11.3 Å². The minimum atomic E-state index is -4.32. The number of alkyl halides is 3. The zero-order chi connectivity index (χ0) is 15.6. The lowest BCUT2D eigenvalue weighted by atomic mass is 10.0. The van der Waals surface area contributed by atoms with Gasteiger partial charge in [0.15, 0.2) is 5.13 Å². The number of nitrogen functional groups attached to an aromatic ring is 1. The molecule has 0 spiro atoms. The summed E-state index contributed by atoms with van der Waals surface area (Å²) in [6.07, 6.45) is -2.15. The molecular weight excluding hydrogens is 297 g/mol. The van der Waals surface area contributed by atoms with Crippen molar-refractivity contribution < 1.29 is 13.2 Å². The van der Waals surface area contributed by atoms with Crippen molar-refractivity contribution >= 4 is 16.5 Å². The topological polar surface area (TPSA) is 38.9 Å². The Hall–Kier alpha value is -1.56. The quantitative estimate of drug-likeness (QED) is 0.896. The van der Waals surface area contributed by atoms with E-state index in [2.05, 4.69) is 4.98 Å². The van der Waals surface area contributed by atoms with Crippen LogP contribution < -0.4 is 5.73 Å². The predicted molar refractivity (Wildman–Crippen MR) is 79.5 cm³/mol. The number of halogens is 3. The van der Waals surface area contributed by atoms with Crippen LogP contribution in [0, 0.1) is 6.92 Å². The van der Waals surface area contributed by atoms with Gasteiger partial charge in [-0.1, -0.05) is 19.4 Å². The summed E-state index contributed by atoms with van der Waals surface area (Å²) in [5.41, 5.74) is 7.53. The van der Waals surface area contributed by atoms with Crippen molar-refractivity contribution in [2.24, 2.45) is 0 Å². The Balaban J connectivity index is 2.35. The number of nitrogens with zero attached hydrogens (tertiary/aromatic N) is 1. The molecular formula is C15H17F3N2S. The molecule has 0 bridgehead atoms. The second-order valence-electron chi connectivity index (χ2n) is 4.99. The van der Waals surface area contributed by atoms with Gasteiger partial charge in [0.05, 0.1) is 11.3 Å². The molecule has 2 aromatic rings. The summed E-state index contributed by atoms with van der Waals surface area (Å²) in [5, 5.41) is 0.470. The molecule has 2 rings (SSSR count). The molecule has 0 radical (unpaired) electrons. The van der Waals surface area contributed by atoms with Crippen LogP contribution in [0.5, 0.6) is 0 Å². The number of aryl methyl sites for hydroxylation is 2. The monoisotopic (exact) mass is 314 g/mol. The minimum absolute atomic E-state index is 0.444. The van der Waals surface area contributed by atoms with Gasteiger partial charge >= 0.3 is 6.18 Å². The van der Waals surface area contributed by atoms with E-state index in [9.17, 15) is 13.2 Å². The highest BCUT2D eigenvalue weighted by molar-refractivity contribution is 7.15. The maximum atomic E-state index is 12.8. The first kappa shape index (κ1) is 15.8. The average Bonchev–Trinajstić information content (AvgIpc) is 2.71. The molecule has 0 saturated heterocycles. The molecule has 2 N–H and O–H groups in total. The largest absolute Gasteiger partial charge is 0.416 e. The third kappa shape index (κ3) is 3.75. The normalized spacial score (nSPS) is 11.9. The number of rotatable bonds is 4. The van der Waals surface area contributed by atoms with Crippen molar-refractivity contribution in [3.05, 3.63) is 45.5 Å². The summed E-state index contributed by atoms with van der Waals surface area (Å²) < 4.78 is 38.4. The van der Waals surface area contributed by atoms with Crippen LogP contribution in [0.4, 0.5) is 18.3 Å². The third-order valence-corrected chi connectivity index (χ3v) is 4.24. The number of anilines is 1. The van der Waals surface area contributed by atoms with E-state index < -0.39 is 11.7 Å². The molecule has 0 atom stereocenters. The first-order chi connectivity index (χ1) is 9.81. The van der Waals surface area contributed by atoms with Crippen molar-refractivity contribution in [3.63, 3.8) is 0 Å². The number of aromatic nitrogens is 1. The van der Waals surface area contributed by atoms with Crippen LogP contribution in [0.15, 0.2) is 18.2 Å². The third-order valence-electron chi connectivity index (χ3n) is 3.31. The summed E-state index contributed by atoms with van der Waals surface area (Å²) in [6.45, 7) is 3.86. The number of hydrogen-bond acceptors (Lipinski definition) is 3. The van der Waals surface area contributed by atoms with E-state index in [1.54, 1.807) is 0 Å². The van der Waals surface area contributed by atoms with Crippen LogP contribution in [0.2, 0.25) is 0 Å². The van der Waals surface area contributed by atoms with E-state index in [1.165, 1.54) is 23.5 Å². The molecule has 114 valence electrons. The molecule has 2 nitrogen and oxygen atoms in total. The Kier molecular flexibility index (Phi) is 4.56. The first-order valence-electron chi connectivity index (χ1n) is 6.72. The van der Waals surface area contributed by atoms with Gasteiger partial charge in [0.1, 0.15) is 0 Å². The molecule has 0 aliphatic heterocycles. The molecule has 1 heterocycles.